The summed E-state index contributed by atoms with van der Waals surface area (Å²) in [5.74, 6) is 1.04. The molecule has 15 heavy (non-hydrogen) atoms. The molecular weight excluding hydrogens is 190 g/mol. The lowest BCUT2D eigenvalue weighted by molar-refractivity contribution is 0.448. The number of phenolic OH excluding ortho intramolecular Hbond substituents is 1. The van der Waals surface area contributed by atoms with E-state index in [0.717, 1.165) is 11.1 Å². The summed E-state index contributed by atoms with van der Waals surface area (Å²) in [5.41, 5.74) is 0.568. The quantitative estimate of drug-likeness (QED) is 0.809. The zero-order valence-corrected chi connectivity index (χ0v) is 8.95. The van der Waals surface area contributed by atoms with Crippen molar-refractivity contribution in [3.05, 3.63) is 30.0 Å². The maximum Gasteiger partial charge on any atom is 0.175 e. The van der Waals surface area contributed by atoms with Crippen LogP contribution in [-0.4, -0.2) is 11.1 Å². The summed E-state index contributed by atoms with van der Waals surface area (Å²) in [6, 6.07) is 7.74. The van der Waals surface area contributed by atoms with Gasteiger partial charge in [-0.15, -0.1) is 0 Å². The zero-order chi connectivity index (χ0) is 10.8. The molecule has 0 saturated carbocycles. The van der Waals surface area contributed by atoms with Gasteiger partial charge in [0.15, 0.2) is 11.3 Å². The number of phenols is 1. The van der Waals surface area contributed by atoms with E-state index in [1.807, 2.05) is 18.2 Å². The van der Waals surface area contributed by atoms with Gasteiger partial charge in [-0.05, 0) is 12.1 Å². The van der Waals surface area contributed by atoms with Gasteiger partial charge in [0.25, 0.3) is 0 Å². The van der Waals surface area contributed by atoms with Gasteiger partial charge in [-0.25, -0.2) is 0 Å². The van der Waals surface area contributed by atoms with Gasteiger partial charge < -0.3 is 14.8 Å². The molecule has 1 aromatic carbocycles. The first-order valence-corrected chi connectivity index (χ1v) is 5.10. The summed E-state index contributed by atoms with van der Waals surface area (Å²) in [4.78, 5) is 0. The molecular formula is C12H15NO2. The molecule has 1 heterocycles. The number of nitrogens with one attached hydrogen (secondary N) is 1. The standard InChI is InChI=1S/C12H15NO2/c1-8(2)13-7-10-6-9-4-3-5-11(14)12(9)15-10/h3-6,8,13-14H,7H2,1-2H3. The number of fused-ring (bicyclic) bond motifs is 1. The van der Waals surface area contributed by atoms with E-state index in [0.29, 0.717) is 18.2 Å². The van der Waals surface area contributed by atoms with Crippen molar-refractivity contribution in [1.29, 1.82) is 0 Å². The van der Waals surface area contributed by atoms with Crippen LogP contribution in [0.2, 0.25) is 0 Å². The van der Waals surface area contributed by atoms with E-state index in [4.69, 9.17) is 4.42 Å². The predicted octanol–water partition coefficient (Wildman–Crippen LogP) is 2.64. The van der Waals surface area contributed by atoms with Crippen molar-refractivity contribution in [2.24, 2.45) is 0 Å². The molecule has 0 unspecified atom stereocenters. The van der Waals surface area contributed by atoms with E-state index in [-0.39, 0.29) is 5.75 Å². The monoisotopic (exact) mass is 205 g/mol. The Bertz CT molecular complexity index is 460. The van der Waals surface area contributed by atoms with Crippen molar-refractivity contribution >= 4 is 11.0 Å². The Morgan fingerprint density at radius 3 is 2.87 bits per heavy atom. The van der Waals surface area contributed by atoms with Gasteiger partial charge in [-0.3, -0.25) is 0 Å². The Morgan fingerprint density at radius 1 is 1.40 bits per heavy atom. The molecule has 0 bridgehead atoms. The Labute approximate surface area is 88.7 Å². The second kappa shape index (κ2) is 3.95. The third kappa shape index (κ3) is 2.13. The highest BCUT2D eigenvalue weighted by Gasteiger charge is 2.06. The normalized spacial score (nSPS) is 11.4. The van der Waals surface area contributed by atoms with Gasteiger partial charge >= 0.3 is 0 Å². The van der Waals surface area contributed by atoms with E-state index in [1.54, 1.807) is 6.07 Å². The minimum Gasteiger partial charge on any atom is -0.504 e. The average molecular weight is 205 g/mol. The lowest BCUT2D eigenvalue weighted by Crippen LogP contribution is -2.21. The molecule has 0 spiro atoms. The number of benzene rings is 1. The van der Waals surface area contributed by atoms with Crippen LogP contribution in [-0.2, 0) is 6.54 Å². The van der Waals surface area contributed by atoms with E-state index in [2.05, 4.69) is 19.2 Å². The minimum absolute atomic E-state index is 0.197. The van der Waals surface area contributed by atoms with Gasteiger partial charge in [0, 0.05) is 11.4 Å². The summed E-state index contributed by atoms with van der Waals surface area (Å²) in [7, 11) is 0. The van der Waals surface area contributed by atoms with Crippen LogP contribution < -0.4 is 5.32 Å². The van der Waals surface area contributed by atoms with Crippen molar-refractivity contribution in [1.82, 2.24) is 5.32 Å². The molecule has 2 aromatic rings. The van der Waals surface area contributed by atoms with Crippen LogP contribution in [0.4, 0.5) is 0 Å². The van der Waals surface area contributed by atoms with Crippen molar-refractivity contribution in [3.63, 3.8) is 0 Å². The molecule has 0 amide bonds. The van der Waals surface area contributed by atoms with E-state index in [1.165, 1.54) is 0 Å². The highest BCUT2D eigenvalue weighted by molar-refractivity contribution is 5.83. The van der Waals surface area contributed by atoms with Crippen LogP contribution in [0.15, 0.2) is 28.7 Å². The highest BCUT2D eigenvalue weighted by atomic mass is 16.4. The first-order chi connectivity index (χ1) is 7.16. The Hall–Kier alpha value is -1.48. The van der Waals surface area contributed by atoms with Crippen molar-refractivity contribution in [2.75, 3.05) is 0 Å². The first-order valence-electron chi connectivity index (χ1n) is 5.10. The molecule has 80 valence electrons. The van der Waals surface area contributed by atoms with Gasteiger partial charge in [0.2, 0.25) is 0 Å². The second-order valence-corrected chi connectivity index (χ2v) is 3.94. The SMILES string of the molecule is CC(C)NCc1cc2cccc(O)c2o1. The minimum atomic E-state index is 0.197. The average Bonchev–Trinajstić information content (AvgIpc) is 2.59. The van der Waals surface area contributed by atoms with Crippen LogP contribution in [0, 0.1) is 0 Å². The Balaban J connectivity index is 2.27. The summed E-state index contributed by atoms with van der Waals surface area (Å²) in [6.45, 7) is 4.85. The van der Waals surface area contributed by atoms with Crippen molar-refractivity contribution in [3.8, 4) is 5.75 Å². The molecule has 0 aliphatic rings. The fraction of sp³-hybridized carbons (Fsp3) is 0.333. The maximum absolute atomic E-state index is 9.55. The number of para-hydroxylation sites is 1. The summed E-state index contributed by atoms with van der Waals surface area (Å²) < 4.78 is 5.54. The zero-order valence-electron chi connectivity index (χ0n) is 8.95. The fourth-order valence-electron chi connectivity index (χ4n) is 1.49. The van der Waals surface area contributed by atoms with Crippen LogP contribution in [0.1, 0.15) is 19.6 Å². The molecule has 3 heteroatoms. The van der Waals surface area contributed by atoms with Crippen molar-refractivity contribution < 1.29 is 9.52 Å². The van der Waals surface area contributed by atoms with Gasteiger partial charge in [-0.2, -0.15) is 0 Å². The molecule has 0 fully saturated rings. The lowest BCUT2D eigenvalue weighted by atomic mass is 10.2. The molecule has 2 N–H and O–H groups in total. The smallest absolute Gasteiger partial charge is 0.175 e. The maximum atomic E-state index is 9.55. The van der Waals surface area contributed by atoms with Gasteiger partial charge in [0.05, 0.1) is 6.54 Å². The van der Waals surface area contributed by atoms with Crippen LogP contribution in [0.25, 0.3) is 11.0 Å². The van der Waals surface area contributed by atoms with Gasteiger partial charge in [-0.1, -0.05) is 26.0 Å². The topological polar surface area (TPSA) is 45.4 Å². The Kier molecular flexibility index (Phi) is 2.64. The molecule has 3 nitrogen and oxygen atoms in total. The highest BCUT2D eigenvalue weighted by Crippen LogP contribution is 2.27. The molecule has 1 aromatic heterocycles. The van der Waals surface area contributed by atoms with Crippen LogP contribution in [0.5, 0.6) is 5.75 Å². The number of hydrogen-bond donors (Lipinski definition) is 2. The van der Waals surface area contributed by atoms with E-state index in [9.17, 15) is 5.11 Å². The fourth-order valence-corrected chi connectivity index (χ4v) is 1.49. The van der Waals surface area contributed by atoms with Crippen LogP contribution >= 0.6 is 0 Å². The molecule has 0 saturated heterocycles. The molecule has 0 aliphatic heterocycles. The largest absolute Gasteiger partial charge is 0.504 e. The molecule has 2 rings (SSSR count). The van der Waals surface area contributed by atoms with Crippen molar-refractivity contribution in [2.45, 2.75) is 26.4 Å². The van der Waals surface area contributed by atoms with Gasteiger partial charge in [0.1, 0.15) is 5.76 Å². The summed E-state index contributed by atoms with van der Waals surface area (Å²) in [5, 5.41) is 13.8. The predicted molar refractivity (Wildman–Crippen MR) is 59.9 cm³/mol. The number of hydrogen-bond acceptors (Lipinski definition) is 3. The number of furan rings is 1. The third-order valence-electron chi connectivity index (χ3n) is 2.26. The third-order valence-corrected chi connectivity index (χ3v) is 2.26. The van der Waals surface area contributed by atoms with E-state index >= 15 is 0 Å². The molecule has 0 aliphatic carbocycles. The second-order valence-electron chi connectivity index (χ2n) is 3.94. The summed E-state index contributed by atoms with van der Waals surface area (Å²) in [6.07, 6.45) is 0. The van der Waals surface area contributed by atoms with Crippen LogP contribution in [0.3, 0.4) is 0 Å². The molecule has 0 radical (unpaired) electrons. The lowest BCUT2D eigenvalue weighted by Gasteiger charge is -2.04. The summed E-state index contributed by atoms with van der Waals surface area (Å²) >= 11 is 0. The number of aromatic hydroxyl groups is 1. The van der Waals surface area contributed by atoms with E-state index < -0.39 is 0 Å². The first kappa shape index (κ1) is 10.1. The molecule has 0 atom stereocenters. The number of rotatable bonds is 3. The Morgan fingerprint density at radius 2 is 2.20 bits per heavy atom.